The van der Waals surface area contributed by atoms with Gasteiger partial charge in [0, 0.05) is 43.2 Å². The van der Waals surface area contributed by atoms with Gasteiger partial charge in [-0.3, -0.25) is 0 Å². The highest BCUT2D eigenvalue weighted by atomic mass is 16.3. The lowest BCUT2D eigenvalue weighted by Gasteiger charge is -2.19. The molecular weight excluding hydrogens is 448 g/mol. The fourth-order valence-electron chi connectivity index (χ4n) is 4.45. The fourth-order valence-corrected chi connectivity index (χ4v) is 4.45. The molecule has 0 amide bonds. The molecule has 0 fully saturated rings. The van der Waals surface area contributed by atoms with E-state index >= 15 is 0 Å². The van der Waals surface area contributed by atoms with Crippen LogP contribution in [0.4, 0.5) is 5.82 Å². The lowest BCUT2D eigenvalue weighted by Crippen LogP contribution is -2.19. The van der Waals surface area contributed by atoms with Crippen LogP contribution in [0.5, 0.6) is 0 Å². The van der Waals surface area contributed by atoms with Crippen LogP contribution in [0.3, 0.4) is 0 Å². The summed E-state index contributed by atoms with van der Waals surface area (Å²) in [6.07, 6.45) is 3.75. The van der Waals surface area contributed by atoms with Crippen molar-refractivity contribution in [3.63, 3.8) is 0 Å². The Kier molecular flexibility index (Phi) is 5.88. The molecule has 0 saturated carbocycles. The van der Waals surface area contributed by atoms with Crippen LogP contribution >= 0.6 is 0 Å². The molecule has 5 rings (SSSR count). The number of nitrogens with one attached hydrogen (secondary N) is 1. The van der Waals surface area contributed by atoms with E-state index in [2.05, 4.69) is 60.5 Å². The van der Waals surface area contributed by atoms with Crippen molar-refractivity contribution in [2.24, 2.45) is 7.05 Å². The van der Waals surface area contributed by atoms with Crippen LogP contribution in [-0.4, -0.2) is 29.3 Å². The predicted octanol–water partition coefficient (Wildman–Crippen LogP) is 5.56. The minimum Gasteiger partial charge on any atom is -0.384 e. The number of benzene rings is 2. The van der Waals surface area contributed by atoms with E-state index in [0.29, 0.717) is 12.2 Å². The van der Waals surface area contributed by atoms with E-state index in [1.165, 1.54) is 11.1 Å². The van der Waals surface area contributed by atoms with E-state index in [0.717, 1.165) is 45.2 Å². The smallest absolute Gasteiger partial charge is 0.165 e. The van der Waals surface area contributed by atoms with Gasteiger partial charge in [-0.1, -0.05) is 36.4 Å². The minimum atomic E-state index is -1.10. The van der Waals surface area contributed by atoms with Gasteiger partial charge in [-0.05, 0) is 62.9 Å². The number of hydrogen-bond donors (Lipinski definition) is 2. The highest BCUT2D eigenvalue weighted by Gasteiger charge is 2.23. The Morgan fingerprint density at radius 3 is 2.47 bits per heavy atom. The Hall–Kier alpha value is -3.97. The highest BCUT2D eigenvalue weighted by molar-refractivity contribution is 5.81. The maximum atomic E-state index is 10.8. The minimum absolute atomic E-state index is 0.584. The zero-order valence-electron chi connectivity index (χ0n) is 21.7. The standard InChI is InChI=1S/C29H32N6O/c1-18-10-11-22(14-19(18)2)26-20(3)33-35-25(16-24(29(4,5)36)32-28(26)35)31-17-21-8-7-9-23(15-21)27-30-12-13-34(27)6/h7-16,31,36H,17H2,1-6H3. The maximum absolute atomic E-state index is 10.8. The first-order valence-electron chi connectivity index (χ1n) is 12.1. The molecule has 0 aliphatic rings. The number of imidazole rings is 1. The van der Waals surface area contributed by atoms with Crippen LogP contribution in [0.2, 0.25) is 0 Å². The largest absolute Gasteiger partial charge is 0.384 e. The second kappa shape index (κ2) is 8.91. The third-order valence-electron chi connectivity index (χ3n) is 6.67. The van der Waals surface area contributed by atoms with Crippen molar-refractivity contribution >= 4 is 11.5 Å². The number of fused-ring (bicyclic) bond motifs is 1. The van der Waals surface area contributed by atoms with E-state index in [-0.39, 0.29) is 0 Å². The number of hydrogen-bond acceptors (Lipinski definition) is 5. The summed E-state index contributed by atoms with van der Waals surface area (Å²) in [6, 6.07) is 16.6. The molecule has 0 saturated heterocycles. The molecule has 7 nitrogen and oxygen atoms in total. The van der Waals surface area contributed by atoms with Crippen molar-refractivity contribution in [3.8, 4) is 22.5 Å². The topological polar surface area (TPSA) is 80.3 Å². The first kappa shape index (κ1) is 23.8. The summed E-state index contributed by atoms with van der Waals surface area (Å²) in [5.41, 5.74) is 7.78. The Morgan fingerprint density at radius 2 is 1.78 bits per heavy atom. The second-order valence-electron chi connectivity index (χ2n) is 10.00. The molecule has 3 aromatic heterocycles. The van der Waals surface area contributed by atoms with Crippen LogP contribution < -0.4 is 5.32 Å². The van der Waals surface area contributed by atoms with Gasteiger partial charge in [0.2, 0.25) is 0 Å². The molecule has 36 heavy (non-hydrogen) atoms. The van der Waals surface area contributed by atoms with E-state index in [4.69, 9.17) is 10.1 Å². The summed E-state index contributed by atoms with van der Waals surface area (Å²) in [4.78, 5) is 9.34. The van der Waals surface area contributed by atoms with E-state index in [1.54, 1.807) is 20.0 Å². The lowest BCUT2D eigenvalue weighted by atomic mass is 10.0. The molecule has 0 spiro atoms. The van der Waals surface area contributed by atoms with Gasteiger partial charge in [-0.2, -0.15) is 9.61 Å². The fraction of sp³-hybridized carbons (Fsp3) is 0.276. The third kappa shape index (κ3) is 4.38. The zero-order chi connectivity index (χ0) is 25.6. The van der Waals surface area contributed by atoms with Gasteiger partial charge in [-0.15, -0.1) is 0 Å². The Morgan fingerprint density at radius 1 is 0.972 bits per heavy atom. The number of aryl methyl sites for hydroxylation is 4. The third-order valence-corrected chi connectivity index (χ3v) is 6.67. The first-order valence-corrected chi connectivity index (χ1v) is 12.1. The maximum Gasteiger partial charge on any atom is 0.165 e. The van der Waals surface area contributed by atoms with E-state index in [1.807, 2.05) is 41.4 Å². The average molecular weight is 481 g/mol. The van der Waals surface area contributed by atoms with Gasteiger partial charge in [0.15, 0.2) is 5.65 Å². The van der Waals surface area contributed by atoms with Gasteiger partial charge in [0.25, 0.3) is 0 Å². The van der Waals surface area contributed by atoms with Gasteiger partial charge in [0.1, 0.15) is 17.2 Å². The molecule has 0 unspecified atom stereocenters. The van der Waals surface area contributed by atoms with E-state index in [9.17, 15) is 5.11 Å². The Labute approximate surface area is 211 Å². The number of nitrogens with zero attached hydrogens (tertiary/aromatic N) is 5. The first-order chi connectivity index (χ1) is 17.1. The summed E-state index contributed by atoms with van der Waals surface area (Å²) < 4.78 is 3.85. The van der Waals surface area contributed by atoms with Gasteiger partial charge in [0.05, 0.1) is 11.4 Å². The molecule has 0 radical (unpaired) electrons. The summed E-state index contributed by atoms with van der Waals surface area (Å²) in [5, 5.41) is 19.2. The summed E-state index contributed by atoms with van der Waals surface area (Å²) >= 11 is 0. The molecule has 2 aromatic carbocycles. The normalized spacial score (nSPS) is 11.9. The van der Waals surface area contributed by atoms with Crippen molar-refractivity contribution < 1.29 is 5.11 Å². The summed E-state index contributed by atoms with van der Waals surface area (Å²) in [7, 11) is 1.99. The Bertz CT molecular complexity index is 1570. The van der Waals surface area contributed by atoms with E-state index < -0.39 is 5.60 Å². The van der Waals surface area contributed by atoms with Crippen LogP contribution in [0, 0.1) is 20.8 Å². The summed E-state index contributed by atoms with van der Waals surface area (Å²) in [5.74, 6) is 1.70. The van der Waals surface area contributed by atoms with Gasteiger partial charge < -0.3 is 15.0 Å². The number of aromatic nitrogens is 5. The number of rotatable bonds is 6. The second-order valence-corrected chi connectivity index (χ2v) is 10.00. The molecular formula is C29H32N6O. The van der Waals surface area contributed by atoms with Crippen LogP contribution in [-0.2, 0) is 19.2 Å². The van der Waals surface area contributed by atoms with Crippen molar-refractivity contribution in [2.75, 3.05) is 5.32 Å². The zero-order valence-corrected chi connectivity index (χ0v) is 21.7. The van der Waals surface area contributed by atoms with Crippen molar-refractivity contribution in [1.82, 2.24) is 24.1 Å². The average Bonchev–Trinajstić information content (AvgIpc) is 3.41. The predicted molar refractivity (Wildman–Crippen MR) is 144 cm³/mol. The van der Waals surface area contributed by atoms with Gasteiger partial charge in [-0.25, -0.2) is 9.97 Å². The lowest BCUT2D eigenvalue weighted by molar-refractivity contribution is 0.0740. The molecule has 0 atom stereocenters. The molecule has 0 aliphatic carbocycles. The SMILES string of the molecule is Cc1ccc(-c2c(C)nn3c(NCc4cccc(-c5nccn5C)c4)cc(C(C)(C)O)nc23)cc1C. The van der Waals surface area contributed by atoms with Crippen LogP contribution in [0.15, 0.2) is 60.9 Å². The number of aliphatic hydroxyl groups is 1. The monoisotopic (exact) mass is 480 g/mol. The molecule has 7 heteroatoms. The molecule has 2 N–H and O–H groups in total. The van der Waals surface area contributed by atoms with Crippen molar-refractivity contribution in [2.45, 2.75) is 46.8 Å². The quantitative estimate of drug-likeness (QED) is 0.333. The Balaban J connectivity index is 1.57. The molecule has 3 heterocycles. The molecule has 0 aliphatic heterocycles. The molecule has 0 bridgehead atoms. The number of anilines is 1. The molecule has 184 valence electrons. The van der Waals surface area contributed by atoms with Crippen LogP contribution in [0.25, 0.3) is 28.2 Å². The highest BCUT2D eigenvalue weighted by Crippen LogP contribution is 2.32. The van der Waals surface area contributed by atoms with Crippen molar-refractivity contribution in [1.29, 1.82) is 0 Å². The molecule has 5 aromatic rings. The summed E-state index contributed by atoms with van der Waals surface area (Å²) in [6.45, 7) is 10.3. The van der Waals surface area contributed by atoms with Gasteiger partial charge >= 0.3 is 0 Å². The van der Waals surface area contributed by atoms with Crippen molar-refractivity contribution in [3.05, 3.63) is 89.0 Å². The van der Waals surface area contributed by atoms with Crippen LogP contribution in [0.1, 0.15) is 41.9 Å².